The van der Waals surface area contributed by atoms with Gasteiger partial charge in [-0.15, -0.1) is 0 Å². The maximum atomic E-state index is 9.67. The second-order valence-corrected chi connectivity index (χ2v) is 10.1. The van der Waals surface area contributed by atoms with Crippen LogP contribution in [0, 0.1) is 11.3 Å². The molecule has 0 saturated heterocycles. The van der Waals surface area contributed by atoms with Gasteiger partial charge in [-0.05, 0) is 38.0 Å². The van der Waals surface area contributed by atoms with Crippen molar-refractivity contribution in [3.8, 4) is 6.07 Å². The average Bonchev–Trinajstić information content (AvgIpc) is 2.34. The number of benzene rings is 1. The van der Waals surface area contributed by atoms with Crippen LogP contribution < -0.4 is 0 Å². The minimum Gasteiger partial charge on any atom is -0.396 e. The fourth-order valence-corrected chi connectivity index (χ4v) is 3.36. The zero-order valence-electron chi connectivity index (χ0n) is 11.9. The summed E-state index contributed by atoms with van der Waals surface area (Å²) in [4.78, 5) is 0. The standard InChI is InChI=1S/C15H23NOSi/c1-5-6-12-15(13-16,17-18(2,3)4)14-10-8-7-9-11-14/h7-11H,5-6,12H2,1-4H3. The first-order valence-electron chi connectivity index (χ1n) is 6.60. The Kier molecular flexibility index (Phi) is 5.12. The summed E-state index contributed by atoms with van der Waals surface area (Å²) in [5.41, 5.74) is 0.227. The predicted octanol–water partition coefficient (Wildman–Crippen LogP) is 4.45. The third-order valence-corrected chi connectivity index (χ3v) is 3.74. The topological polar surface area (TPSA) is 33.0 Å². The molecule has 3 heteroatoms. The Morgan fingerprint density at radius 1 is 1.22 bits per heavy atom. The Morgan fingerprint density at radius 3 is 2.28 bits per heavy atom. The molecule has 1 aromatic rings. The molecular weight excluding hydrogens is 238 g/mol. The molecule has 2 nitrogen and oxygen atoms in total. The van der Waals surface area contributed by atoms with Crippen molar-refractivity contribution >= 4 is 8.32 Å². The van der Waals surface area contributed by atoms with Crippen LogP contribution in [0.4, 0.5) is 0 Å². The molecule has 1 atom stereocenters. The van der Waals surface area contributed by atoms with Crippen LogP contribution in [0.5, 0.6) is 0 Å². The first kappa shape index (κ1) is 14.9. The van der Waals surface area contributed by atoms with Gasteiger partial charge in [0.1, 0.15) is 6.07 Å². The third-order valence-electron chi connectivity index (χ3n) is 2.78. The molecule has 0 aromatic heterocycles. The lowest BCUT2D eigenvalue weighted by Gasteiger charge is -2.34. The van der Waals surface area contributed by atoms with Crippen LogP contribution in [0.25, 0.3) is 0 Å². The Morgan fingerprint density at radius 2 is 1.83 bits per heavy atom. The highest BCUT2D eigenvalue weighted by molar-refractivity contribution is 6.69. The second kappa shape index (κ2) is 6.17. The van der Waals surface area contributed by atoms with E-state index in [2.05, 4.69) is 32.6 Å². The van der Waals surface area contributed by atoms with Gasteiger partial charge in [-0.1, -0.05) is 43.7 Å². The van der Waals surface area contributed by atoms with E-state index in [0.717, 1.165) is 24.8 Å². The smallest absolute Gasteiger partial charge is 0.186 e. The number of nitrogens with zero attached hydrogens (tertiary/aromatic N) is 1. The van der Waals surface area contributed by atoms with Gasteiger partial charge in [0.15, 0.2) is 13.9 Å². The Balaban J connectivity index is 3.11. The Hall–Kier alpha value is -1.11. The zero-order chi connectivity index (χ0) is 13.6. The normalized spacial score (nSPS) is 14.8. The lowest BCUT2D eigenvalue weighted by molar-refractivity contribution is 0.106. The second-order valence-electron chi connectivity index (χ2n) is 5.62. The van der Waals surface area contributed by atoms with Crippen LogP contribution in [0.3, 0.4) is 0 Å². The molecule has 1 unspecified atom stereocenters. The molecular formula is C15H23NOSi. The summed E-state index contributed by atoms with van der Waals surface area (Å²) in [6.07, 6.45) is 2.85. The van der Waals surface area contributed by atoms with Gasteiger partial charge in [0.2, 0.25) is 0 Å². The Bertz CT molecular complexity index is 405. The summed E-state index contributed by atoms with van der Waals surface area (Å²) >= 11 is 0. The molecule has 0 amide bonds. The van der Waals surface area contributed by atoms with Crippen molar-refractivity contribution in [1.29, 1.82) is 5.26 Å². The maximum absolute atomic E-state index is 9.67. The summed E-state index contributed by atoms with van der Waals surface area (Å²) in [6, 6.07) is 12.4. The molecule has 0 saturated carbocycles. The van der Waals surface area contributed by atoms with Crippen molar-refractivity contribution in [3.05, 3.63) is 35.9 Å². The van der Waals surface area contributed by atoms with E-state index in [4.69, 9.17) is 4.43 Å². The Labute approximate surface area is 112 Å². The van der Waals surface area contributed by atoms with Crippen molar-refractivity contribution in [1.82, 2.24) is 0 Å². The third kappa shape index (κ3) is 3.97. The van der Waals surface area contributed by atoms with Gasteiger partial charge in [0, 0.05) is 0 Å². The van der Waals surface area contributed by atoms with Crippen LogP contribution in [-0.4, -0.2) is 8.32 Å². The summed E-state index contributed by atoms with van der Waals surface area (Å²) in [5, 5.41) is 9.67. The fourth-order valence-electron chi connectivity index (χ4n) is 2.05. The van der Waals surface area contributed by atoms with Gasteiger partial charge in [-0.25, -0.2) is 0 Å². The lowest BCUT2D eigenvalue weighted by Crippen LogP contribution is -2.39. The van der Waals surface area contributed by atoms with E-state index >= 15 is 0 Å². The van der Waals surface area contributed by atoms with Crippen LogP contribution in [0.15, 0.2) is 30.3 Å². The van der Waals surface area contributed by atoms with Gasteiger partial charge >= 0.3 is 0 Å². The monoisotopic (exact) mass is 261 g/mol. The molecule has 1 rings (SSSR count). The van der Waals surface area contributed by atoms with Crippen LogP contribution in [0.1, 0.15) is 31.7 Å². The number of unbranched alkanes of at least 4 members (excludes halogenated alkanes) is 1. The van der Waals surface area contributed by atoms with Gasteiger partial charge in [0.05, 0.1) is 0 Å². The SMILES string of the molecule is CCCCC(C#N)(O[Si](C)(C)C)c1ccccc1. The molecule has 98 valence electrons. The zero-order valence-corrected chi connectivity index (χ0v) is 12.9. The molecule has 0 fully saturated rings. The van der Waals surface area contributed by atoms with Gasteiger partial charge in [-0.3, -0.25) is 0 Å². The van der Waals surface area contributed by atoms with Crippen molar-refractivity contribution in [2.24, 2.45) is 0 Å². The highest BCUT2D eigenvalue weighted by Gasteiger charge is 2.37. The molecule has 1 aromatic carbocycles. The molecule has 18 heavy (non-hydrogen) atoms. The van der Waals surface area contributed by atoms with Gasteiger partial charge in [-0.2, -0.15) is 5.26 Å². The average molecular weight is 261 g/mol. The molecule has 0 heterocycles. The molecule has 0 aliphatic rings. The van der Waals surface area contributed by atoms with Crippen molar-refractivity contribution in [2.75, 3.05) is 0 Å². The number of hydrogen-bond acceptors (Lipinski definition) is 2. The first-order chi connectivity index (χ1) is 8.43. The highest BCUT2D eigenvalue weighted by atomic mass is 28.4. The van der Waals surface area contributed by atoms with E-state index in [1.165, 1.54) is 0 Å². The number of nitriles is 1. The minimum atomic E-state index is -1.77. The maximum Gasteiger partial charge on any atom is 0.186 e. The van der Waals surface area contributed by atoms with Crippen LogP contribution in [0.2, 0.25) is 19.6 Å². The summed E-state index contributed by atoms with van der Waals surface area (Å²) in [6.45, 7) is 8.54. The molecule has 0 bridgehead atoms. The molecule has 0 N–H and O–H groups in total. The van der Waals surface area contributed by atoms with Gasteiger partial charge in [0.25, 0.3) is 0 Å². The van der Waals surface area contributed by atoms with E-state index in [1.807, 2.05) is 30.3 Å². The quantitative estimate of drug-likeness (QED) is 0.709. The lowest BCUT2D eigenvalue weighted by atomic mass is 9.90. The van der Waals surface area contributed by atoms with Gasteiger partial charge < -0.3 is 4.43 Å². The van der Waals surface area contributed by atoms with Crippen LogP contribution in [-0.2, 0) is 10.0 Å². The minimum absolute atomic E-state index is 0.762. The van der Waals surface area contributed by atoms with E-state index in [0.29, 0.717) is 0 Å². The summed E-state index contributed by atoms with van der Waals surface area (Å²) < 4.78 is 6.24. The first-order valence-corrected chi connectivity index (χ1v) is 10.0. The van der Waals surface area contributed by atoms with Crippen LogP contribution >= 0.6 is 0 Å². The summed E-state index contributed by atoms with van der Waals surface area (Å²) in [5.74, 6) is 0. The molecule has 0 radical (unpaired) electrons. The van der Waals surface area contributed by atoms with E-state index in [9.17, 15) is 5.26 Å². The van der Waals surface area contributed by atoms with Crippen molar-refractivity contribution < 1.29 is 4.43 Å². The van der Waals surface area contributed by atoms with Crippen molar-refractivity contribution in [2.45, 2.75) is 51.4 Å². The highest BCUT2D eigenvalue weighted by Crippen LogP contribution is 2.34. The number of hydrogen-bond donors (Lipinski definition) is 0. The largest absolute Gasteiger partial charge is 0.396 e. The van der Waals surface area contributed by atoms with E-state index in [-0.39, 0.29) is 0 Å². The molecule has 0 spiro atoms. The van der Waals surface area contributed by atoms with E-state index < -0.39 is 13.9 Å². The molecule has 0 aliphatic heterocycles. The predicted molar refractivity (Wildman–Crippen MR) is 77.7 cm³/mol. The summed E-state index contributed by atoms with van der Waals surface area (Å²) in [7, 11) is -1.77. The number of rotatable bonds is 6. The molecule has 0 aliphatic carbocycles. The fraction of sp³-hybridized carbons (Fsp3) is 0.533. The van der Waals surface area contributed by atoms with Crippen molar-refractivity contribution in [3.63, 3.8) is 0 Å². The van der Waals surface area contributed by atoms with E-state index in [1.54, 1.807) is 0 Å².